The highest BCUT2D eigenvalue weighted by Gasteiger charge is 2.18. The second-order valence-electron chi connectivity index (χ2n) is 6.40. The molecule has 1 aromatic carbocycles. The lowest BCUT2D eigenvalue weighted by Gasteiger charge is -2.28. The van der Waals surface area contributed by atoms with E-state index in [0.717, 1.165) is 25.2 Å². The average molecular weight is 327 g/mol. The van der Waals surface area contributed by atoms with Gasteiger partial charge in [0.15, 0.2) is 0 Å². The number of rotatable bonds is 4. The molecule has 1 N–H and O–H groups in total. The van der Waals surface area contributed by atoms with Crippen LogP contribution in [0, 0.1) is 11.7 Å². The highest BCUT2D eigenvalue weighted by atomic mass is 19.1. The number of halogens is 1. The molecule has 1 aromatic heterocycles. The molecule has 1 amide bonds. The molecule has 0 bridgehead atoms. The first kappa shape index (κ1) is 16.6. The summed E-state index contributed by atoms with van der Waals surface area (Å²) < 4.78 is 13.7. The second kappa shape index (κ2) is 7.53. The minimum Gasteiger partial charge on any atom is -0.306 e. The Kier molecular flexibility index (Phi) is 5.20. The van der Waals surface area contributed by atoms with E-state index in [2.05, 4.69) is 22.2 Å². The van der Waals surface area contributed by atoms with Crippen LogP contribution >= 0.6 is 0 Å². The number of nitrogens with zero attached hydrogens (tertiary/aromatic N) is 2. The summed E-state index contributed by atoms with van der Waals surface area (Å²) in [5, 5.41) is 2.69. The van der Waals surface area contributed by atoms with Gasteiger partial charge < -0.3 is 10.2 Å². The predicted molar refractivity (Wildman–Crippen MR) is 92.5 cm³/mol. The van der Waals surface area contributed by atoms with Crippen molar-refractivity contribution < 1.29 is 9.18 Å². The Bertz CT molecular complexity index is 711. The first-order chi connectivity index (χ1) is 11.6. The molecule has 2 heterocycles. The lowest BCUT2D eigenvalue weighted by Crippen LogP contribution is -2.31. The van der Waals surface area contributed by atoms with Gasteiger partial charge in [0.2, 0.25) is 0 Å². The molecule has 0 saturated carbocycles. The van der Waals surface area contributed by atoms with E-state index >= 15 is 0 Å². The van der Waals surface area contributed by atoms with Crippen LogP contribution in [0.5, 0.6) is 0 Å². The summed E-state index contributed by atoms with van der Waals surface area (Å²) in [5.74, 6) is 0.0921. The maximum Gasteiger partial charge on any atom is 0.259 e. The Morgan fingerprint density at radius 1 is 1.21 bits per heavy atom. The SMILES string of the molecule is CN1CCC(Cc2cccc(NC(=O)c3ccccc3F)n2)CC1. The molecule has 0 aliphatic carbocycles. The number of nitrogens with one attached hydrogen (secondary N) is 1. The van der Waals surface area contributed by atoms with Crippen LogP contribution in [0.25, 0.3) is 0 Å². The third kappa shape index (κ3) is 4.17. The van der Waals surface area contributed by atoms with Crippen molar-refractivity contribution in [2.75, 3.05) is 25.5 Å². The van der Waals surface area contributed by atoms with Crippen molar-refractivity contribution in [3.8, 4) is 0 Å². The number of benzene rings is 1. The number of anilines is 1. The molecule has 2 aromatic rings. The van der Waals surface area contributed by atoms with Gasteiger partial charge >= 0.3 is 0 Å². The third-order valence-corrected chi connectivity index (χ3v) is 4.50. The number of carbonyl (C=O) groups excluding carboxylic acids is 1. The Morgan fingerprint density at radius 2 is 1.96 bits per heavy atom. The zero-order valence-corrected chi connectivity index (χ0v) is 13.8. The summed E-state index contributed by atoms with van der Waals surface area (Å²) in [7, 11) is 2.15. The van der Waals surface area contributed by atoms with E-state index in [1.165, 1.54) is 25.0 Å². The van der Waals surface area contributed by atoms with Crippen molar-refractivity contribution in [2.24, 2.45) is 5.92 Å². The molecular formula is C19H22FN3O. The van der Waals surface area contributed by atoms with Crippen LogP contribution in [0.1, 0.15) is 28.9 Å². The summed E-state index contributed by atoms with van der Waals surface area (Å²) in [6, 6.07) is 11.5. The number of piperidine rings is 1. The maximum absolute atomic E-state index is 13.7. The molecule has 126 valence electrons. The van der Waals surface area contributed by atoms with Gasteiger partial charge in [-0.3, -0.25) is 4.79 Å². The zero-order valence-electron chi connectivity index (χ0n) is 13.8. The monoisotopic (exact) mass is 327 g/mol. The van der Waals surface area contributed by atoms with Crippen LogP contribution in [0.3, 0.4) is 0 Å². The molecule has 24 heavy (non-hydrogen) atoms. The van der Waals surface area contributed by atoms with Gasteiger partial charge in [-0.2, -0.15) is 0 Å². The lowest BCUT2D eigenvalue weighted by atomic mass is 9.92. The number of hydrogen-bond donors (Lipinski definition) is 1. The topological polar surface area (TPSA) is 45.2 Å². The van der Waals surface area contributed by atoms with Crippen LogP contribution in [-0.4, -0.2) is 35.9 Å². The first-order valence-electron chi connectivity index (χ1n) is 8.32. The smallest absolute Gasteiger partial charge is 0.259 e. The number of hydrogen-bond acceptors (Lipinski definition) is 3. The number of aromatic nitrogens is 1. The molecule has 0 radical (unpaired) electrons. The van der Waals surface area contributed by atoms with Crippen molar-refractivity contribution in [1.29, 1.82) is 0 Å². The fourth-order valence-electron chi connectivity index (χ4n) is 3.05. The van der Waals surface area contributed by atoms with Gasteiger partial charge in [0, 0.05) is 5.69 Å². The van der Waals surface area contributed by atoms with Crippen molar-refractivity contribution in [2.45, 2.75) is 19.3 Å². The van der Waals surface area contributed by atoms with Gasteiger partial charge in [-0.05, 0) is 69.6 Å². The Hall–Kier alpha value is -2.27. The number of amides is 1. The van der Waals surface area contributed by atoms with Gasteiger partial charge in [0.25, 0.3) is 5.91 Å². The second-order valence-corrected chi connectivity index (χ2v) is 6.40. The van der Waals surface area contributed by atoms with E-state index < -0.39 is 11.7 Å². The van der Waals surface area contributed by atoms with Crippen LogP contribution in [0.15, 0.2) is 42.5 Å². The number of carbonyl (C=O) groups is 1. The minimum atomic E-state index is -0.530. The summed E-state index contributed by atoms with van der Waals surface area (Å²) in [6.07, 6.45) is 3.26. The first-order valence-corrected chi connectivity index (χ1v) is 8.32. The maximum atomic E-state index is 13.7. The van der Waals surface area contributed by atoms with Crippen molar-refractivity contribution in [3.63, 3.8) is 0 Å². The highest BCUT2D eigenvalue weighted by molar-refractivity contribution is 6.03. The predicted octanol–water partition coefficient (Wildman–Crippen LogP) is 3.36. The summed E-state index contributed by atoms with van der Waals surface area (Å²) in [6.45, 7) is 2.24. The fraction of sp³-hybridized carbons (Fsp3) is 0.368. The average Bonchev–Trinajstić information content (AvgIpc) is 2.58. The van der Waals surface area contributed by atoms with E-state index in [4.69, 9.17) is 0 Å². The summed E-state index contributed by atoms with van der Waals surface area (Å²) in [4.78, 5) is 19.0. The molecule has 1 fully saturated rings. The lowest BCUT2D eigenvalue weighted by molar-refractivity contribution is 0.102. The van der Waals surface area contributed by atoms with E-state index in [1.807, 2.05) is 12.1 Å². The molecule has 0 unspecified atom stereocenters. The van der Waals surface area contributed by atoms with Crippen molar-refractivity contribution in [3.05, 3.63) is 59.5 Å². The van der Waals surface area contributed by atoms with Crippen molar-refractivity contribution in [1.82, 2.24) is 9.88 Å². The van der Waals surface area contributed by atoms with Crippen molar-refractivity contribution >= 4 is 11.7 Å². The zero-order chi connectivity index (χ0) is 16.9. The fourth-order valence-corrected chi connectivity index (χ4v) is 3.05. The minimum absolute atomic E-state index is 0.0278. The Morgan fingerprint density at radius 3 is 2.71 bits per heavy atom. The van der Waals surface area contributed by atoms with Gasteiger partial charge in [-0.1, -0.05) is 18.2 Å². The van der Waals surface area contributed by atoms with E-state index in [-0.39, 0.29) is 5.56 Å². The Balaban J connectivity index is 1.65. The van der Waals surface area contributed by atoms with Crippen LogP contribution in [0.4, 0.5) is 10.2 Å². The molecule has 0 atom stereocenters. The van der Waals surface area contributed by atoms with Crippen LogP contribution < -0.4 is 5.32 Å². The molecule has 0 spiro atoms. The summed E-state index contributed by atoms with van der Waals surface area (Å²) >= 11 is 0. The molecule has 1 aliphatic heterocycles. The van der Waals surface area contributed by atoms with Gasteiger partial charge in [0.1, 0.15) is 11.6 Å². The van der Waals surface area contributed by atoms with Gasteiger partial charge in [0.05, 0.1) is 5.56 Å². The third-order valence-electron chi connectivity index (χ3n) is 4.50. The summed E-state index contributed by atoms with van der Waals surface area (Å²) in [5.41, 5.74) is 0.996. The quantitative estimate of drug-likeness (QED) is 0.936. The standard InChI is InChI=1S/C19H22FN3O/c1-23-11-9-14(10-12-23)13-15-5-4-8-18(21-15)22-19(24)16-6-2-3-7-17(16)20/h2-8,14H,9-13H2,1H3,(H,21,22,24). The van der Waals surface area contributed by atoms with E-state index in [9.17, 15) is 9.18 Å². The van der Waals surface area contributed by atoms with Gasteiger partial charge in [-0.25, -0.2) is 9.37 Å². The molecule has 3 rings (SSSR count). The largest absolute Gasteiger partial charge is 0.306 e. The van der Waals surface area contributed by atoms with E-state index in [0.29, 0.717) is 11.7 Å². The number of pyridine rings is 1. The van der Waals surface area contributed by atoms with Gasteiger partial charge in [-0.15, -0.1) is 0 Å². The molecular weight excluding hydrogens is 305 g/mol. The van der Waals surface area contributed by atoms with Crippen LogP contribution in [0.2, 0.25) is 0 Å². The molecule has 4 nitrogen and oxygen atoms in total. The Labute approximate surface area is 141 Å². The van der Waals surface area contributed by atoms with E-state index in [1.54, 1.807) is 18.2 Å². The number of likely N-dealkylation sites (tertiary alicyclic amines) is 1. The normalized spacial score (nSPS) is 16.1. The molecule has 1 aliphatic rings. The van der Waals surface area contributed by atoms with Crippen LogP contribution in [-0.2, 0) is 6.42 Å². The molecule has 5 heteroatoms. The highest BCUT2D eigenvalue weighted by Crippen LogP contribution is 2.21. The molecule has 1 saturated heterocycles.